The van der Waals surface area contributed by atoms with Crippen LogP contribution in [0.3, 0.4) is 0 Å². The maximum Gasteiger partial charge on any atom is 0.326 e. The molecule has 0 radical (unpaired) electrons. The number of carboxylic acids is 1. The number of unbranched alkanes of at least 4 members (excludes halogenated alkanes) is 1. The molecule has 1 aromatic heterocycles. The Balaban J connectivity index is 2.93. The highest BCUT2D eigenvalue weighted by molar-refractivity contribution is 7.98. The number of thioether (sulfide) groups is 1. The Labute approximate surface area is 219 Å². The number of H-pyrrole nitrogens is 1. The van der Waals surface area contributed by atoms with E-state index in [1.807, 2.05) is 6.26 Å². The van der Waals surface area contributed by atoms with Gasteiger partial charge in [0, 0.05) is 24.7 Å². The molecular formula is C22H38N8O6S. The van der Waals surface area contributed by atoms with Crippen LogP contribution in [0.25, 0.3) is 0 Å². The number of hydrogen-bond acceptors (Lipinski definition) is 9. The van der Waals surface area contributed by atoms with E-state index in [9.17, 15) is 29.1 Å². The number of nitrogens with two attached hydrogens (primary N) is 3. The molecular weight excluding hydrogens is 504 g/mol. The third kappa shape index (κ3) is 12.6. The third-order valence-electron chi connectivity index (χ3n) is 5.45. The van der Waals surface area contributed by atoms with Gasteiger partial charge in [0.2, 0.25) is 23.6 Å². The molecule has 0 aliphatic carbocycles. The van der Waals surface area contributed by atoms with E-state index in [1.165, 1.54) is 18.1 Å². The fourth-order valence-electron chi connectivity index (χ4n) is 3.36. The van der Waals surface area contributed by atoms with Crippen molar-refractivity contribution in [3.8, 4) is 0 Å². The minimum atomic E-state index is -1.36. The number of hydrogen-bond donors (Lipinski definition) is 8. The van der Waals surface area contributed by atoms with E-state index in [4.69, 9.17) is 17.2 Å². The first-order valence-corrected chi connectivity index (χ1v) is 13.3. The molecule has 0 spiro atoms. The lowest BCUT2D eigenvalue weighted by Crippen LogP contribution is -2.57. The normalized spacial score (nSPS) is 14.1. The molecule has 4 atom stereocenters. The average Bonchev–Trinajstić information content (AvgIpc) is 3.36. The first-order valence-electron chi connectivity index (χ1n) is 11.9. The maximum absolute atomic E-state index is 13.1. The molecule has 0 aliphatic rings. The summed E-state index contributed by atoms with van der Waals surface area (Å²) in [5.41, 5.74) is 17.3. The van der Waals surface area contributed by atoms with Gasteiger partial charge in [-0.15, -0.1) is 0 Å². The zero-order valence-electron chi connectivity index (χ0n) is 20.9. The monoisotopic (exact) mass is 542 g/mol. The number of aromatic nitrogens is 2. The molecule has 1 heterocycles. The standard InChI is InChI=1S/C22H38N8O6S/c1-37-9-7-16(28-19(32)14(24)10-13-11-26-12-27-13)21(34)29-15(4-2-3-8-23)20(33)30-17(22(35)36)5-6-18(25)31/h11-12,14-17H,2-10,23-24H2,1H3,(H2,25,31)(H,26,27)(H,28,32)(H,29,34)(H,30,33)(H,35,36). The van der Waals surface area contributed by atoms with E-state index in [0.29, 0.717) is 30.8 Å². The van der Waals surface area contributed by atoms with Gasteiger partial charge < -0.3 is 43.2 Å². The van der Waals surface area contributed by atoms with Crippen LogP contribution >= 0.6 is 11.8 Å². The van der Waals surface area contributed by atoms with Crippen molar-refractivity contribution in [2.24, 2.45) is 17.2 Å². The molecule has 208 valence electrons. The molecule has 0 bridgehead atoms. The summed E-state index contributed by atoms with van der Waals surface area (Å²) >= 11 is 1.48. The summed E-state index contributed by atoms with van der Waals surface area (Å²) in [7, 11) is 0. The van der Waals surface area contributed by atoms with Gasteiger partial charge in [-0.1, -0.05) is 0 Å². The molecule has 0 aliphatic heterocycles. The van der Waals surface area contributed by atoms with Gasteiger partial charge >= 0.3 is 5.97 Å². The number of carbonyl (C=O) groups is 5. The van der Waals surface area contributed by atoms with E-state index in [1.54, 1.807) is 6.20 Å². The first-order chi connectivity index (χ1) is 17.6. The Kier molecular flexibility index (Phi) is 14.9. The molecule has 0 saturated heterocycles. The minimum absolute atomic E-state index is 0.189. The van der Waals surface area contributed by atoms with Crippen LogP contribution in [0.5, 0.6) is 0 Å². The Hall–Kier alpha value is -3.17. The van der Waals surface area contributed by atoms with Crippen LogP contribution in [-0.2, 0) is 30.4 Å². The second-order valence-corrected chi connectivity index (χ2v) is 9.47. The topological polar surface area (TPSA) is 248 Å². The van der Waals surface area contributed by atoms with Crippen LogP contribution in [0.2, 0.25) is 0 Å². The van der Waals surface area contributed by atoms with E-state index in [-0.39, 0.29) is 32.1 Å². The van der Waals surface area contributed by atoms with Gasteiger partial charge in [-0.25, -0.2) is 9.78 Å². The van der Waals surface area contributed by atoms with Gasteiger partial charge in [0.15, 0.2) is 0 Å². The number of nitrogens with zero attached hydrogens (tertiary/aromatic N) is 1. The Morgan fingerprint density at radius 3 is 2.16 bits per heavy atom. The molecule has 11 N–H and O–H groups in total. The number of carboxylic acid groups (broad SMARTS) is 1. The Bertz CT molecular complexity index is 885. The summed E-state index contributed by atoms with van der Waals surface area (Å²) in [5.74, 6) is -3.37. The van der Waals surface area contributed by atoms with Crippen LogP contribution in [0.15, 0.2) is 12.5 Å². The number of nitrogens with one attached hydrogen (secondary N) is 4. The highest BCUT2D eigenvalue weighted by atomic mass is 32.2. The van der Waals surface area contributed by atoms with Crippen molar-refractivity contribution in [1.82, 2.24) is 25.9 Å². The molecule has 0 aromatic carbocycles. The van der Waals surface area contributed by atoms with Crippen molar-refractivity contribution in [1.29, 1.82) is 0 Å². The van der Waals surface area contributed by atoms with Crippen LogP contribution < -0.4 is 33.2 Å². The van der Waals surface area contributed by atoms with E-state index < -0.39 is 53.8 Å². The quantitative estimate of drug-likeness (QED) is 0.0890. The van der Waals surface area contributed by atoms with Crippen molar-refractivity contribution in [3.05, 3.63) is 18.2 Å². The number of primary amides is 1. The molecule has 15 heteroatoms. The lowest BCUT2D eigenvalue weighted by molar-refractivity contribution is -0.142. The minimum Gasteiger partial charge on any atom is -0.480 e. The predicted molar refractivity (Wildman–Crippen MR) is 138 cm³/mol. The number of aromatic amines is 1. The Morgan fingerprint density at radius 1 is 1.00 bits per heavy atom. The van der Waals surface area contributed by atoms with Crippen LogP contribution in [-0.4, -0.2) is 87.4 Å². The average molecular weight is 543 g/mol. The molecule has 4 unspecified atom stereocenters. The maximum atomic E-state index is 13.1. The second-order valence-electron chi connectivity index (χ2n) is 8.48. The summed E-state index contributed by atoms with van der Waals surface area (Å²) in [6.45, 7) is 0.374. The highest BCUT2D eigenvalue weighted by Gasteiger charge is 2.30. The van der Waals surface area contributed by atoms with Crippen molar-refractivity contribution < 1.29 is 29.1 Å². The van der Waals surface area contributed by atoms with Crippen molar-refractivity contribution in [3.63, 3.8) is 0 Å². The summed E-state index contributed by atoms with van der Waals surface area (Å²) in [5, 5.41) is 17.0. The smallest absolute Gasteiger partial charge is 0.326 e. The van der Waals surface area contributed by atoms with E-state index in [0.717, 1.165) is 0 Å². The zero-order chi connectivity index (χ0) is 27.8. The van der Waals surface area contributed by atoms with Crippen molar-refractivity contribution in [2.75, 3.05) is 18.6 Å². The van der Waals surface area contributed by atoms with Gasteiger partial charge in [-0.2, -0.15) is 11.8 Å². The Morgan fingerprint density at radius 2 is 1.62 bits per heavy atom. The van der Waals surface area contributed by atoms with Crippen LogP contribution in [0, 0.1) is 0 Å². The summed E-state index contributed by atoms with van der Waals surface area (Å²) in [6.07, 6.45) is 6.17. The lowest BCUT2D eigenvalue weighted by atomic mass is 10.1. The van der Waals surface area contributed by atoms with Gasteiger partial charge in [-0.3, -0.25) is 19.2 Å². The molecule has 14 nitrogen and oxygen atoms in total. The van der Waals surface area contributed by atoms with E-state index >= 15 is 0 Å². The van der Waals surface area contributed by atoms with Gasteiger partial charge in [0.25, 0.3) is 0 Å². The zero-order valence-corrected chi connectivity index (χ0v) is 21.7. The van der Waals surface area contributed by atoms with Crippen molar-refractivity contribution >= 4 is 41.4 Å². The predicted octanol–water partition coefficient (Wildman–Crippen LogP) is -2.03. The second kappa shape index (κ2) is 17.3. The molecule has 0 saturated carbocycles. The molecule has 1 rings (SSSR count). The number of carbonyl (C=O) groups excluding carboxylic acids is 4. The molecule has 0 fully saturated rings. The SMILES string of the molecule is CSCCC(NC(=O)C(N)Cc1cnc[nH]1)C(=O)NC(CCCCN)C(=O)NC(CCC(N)=O)C(=O)O. The molecule has 4 amide bonds. The van der Waals surface area contributed by atoms with E-state index in [2.05, 4.69) is 25.9 Å². The first kappa shape index (κ1) is 31.9. The number of rotatable bonds is 19. The summed E-state index contributed by atoms with van der Waals surface area (Å²) < 4.78 is 0. The number of amides is 4. The molecule has 1 aromatic rings. The fourth-order valence-corrected chi connectivity index (χ4v) is 3.83. The summed E-state index contributed by atoms with van der Waals surface area (Å²) in [6, 6.07) is -4.35. The van der Waals surface area contributed by atoms with Crippen LogP contribution in [0.4, 0.5) is 0 Å². The molecule has 37 heavy (non-hydrogen) atoms. The van der Waals surface area contributed by atoms with Gasteiger partial charge in [0.1, 0.15) is 18.1 Å². The largest absolute Gasteiger partial charge is 0.480 e. The van der Waals surface area contributed by atoms with Crippen LogP contribution in [0.1, 0.15) is 44.2 Å². The highest BCUT2D eigenvalue weighted by Crippen LogP contribution is 2.07. The van der Waals surface area contributed by atoms with Gasteiger partial charge in [0.05, 0.1) is 12.4 Å². The summed E-state index contributed by atoms with van der Waals surface area (Å²) in [4.78, 5) is 68.1. The lowest BCUT2D eigenvalue weighted by Gasteiger charge is -2.25. The number of aliphatic carboxylic acids is 1. The van der Waals surface area contributed by atoms with Gasteiger partial charge in [-0.05, 0) is 50.7 Å². The third-order valence-corrected chi connectivity index (χ3v) is 6.09. The number of imidazole rings is 1. The van der Waals surface area contributed by atoms with Crippen molar-refractivity contribution in [2.45, 2.75) is 69.1 Å². The fraction of sp³-hybridized carbons (Fsp3) is 0.636.